The molecular formula is C20H28O4. The van der Waals surface area contributed by atoms with Crippen LogP contribution in [0, 0.1) is 6.92 Å². The van der Waals surface area contributed by atoms with Gasteiger partial charge in [0.15, 0.2) is 5.78 Å². The molecule has 132 valence electrons. The van der Waals surface area contributed by atoms with Crippen LogP contribution in [0.5, 0.6) is 5.75 Å². The third-order valence-corrected chi connectivity index (χ3v) is 3.79. The van der Waals surface area contributed by atoms with E-state index in [1.54, 1.807) is 6.92 Å². The van der Waals surface area contributed by atoms with Crippen molar-refractivity contribution >= 4 is 11.8 Å². The molecule has 0 unspecified atom stereocenters. The molecule has 1 aromatic carbocycles. The van der Waals surface area contributed by atoms with Gasteiger partial charge in [-0.2, -0.15) is 0 Å². The average molecular weight is 332 g/mol. The third kappa shape index (κ3) is 7.95. The molecule has 4 heteroatoms. The van der Waals surface area contributed by atoms with Crippen LogP contribution in [0.1, 0.15) is 61.4 Å². The molecule has 1 aromatic rings. The van der Waals surface area contributed by atoms with E-state index in [4.69, 9.17) is 9.47 Å². The van der Waals surface area contributed by atoms with Crippen LogP contribution >= 0.6 is 0 Å². The summed E-state index contributed by atoms with van der Waals surface area (Å²) >= 11 is 0. The minimum absolute atomic E-state index is 0.0731. The molecule has 1 rings (SSSR count). The number of hydrogen-bond donors (Lipinski definition) is 0. The quantitative estimate of drug-likeness (QED) is 0.242. The van der Waals surface area contributed by atoms with Crippen molar-refractivity contribution in [2.45, 2.75) is 52.4 Å². The van der Waals surface area contributed by atoms with Crippen molar-refractivity contribution in [3.63, 3.8) is 0 Å². The van der Waals surface area contributed by atoms with Crippen LogP contribution in [0.3, 0.4) is 0 Å². The van der Waals surface area contributed by atoms with E-state index in [-0.39, 0.29) is 11.8 Å². The van der Waals surface area contributed by atoms with Crippen molar-refractivity contribution < 1.29 is 19.1 Å². The van der Waals surface area contributed by atoms with Gasteiger partial charge in [0.05, 0.1) is 13.2 Å². The second-order valence-electron chi connectivity index (χ2n) is 5.88. The van der Waals surface area contributed by atoms with E-state index in [9.17, 15) is 9.59 Å². The van der Waals surface area contributed by atoms with Gasteiger partial charge in [0.1, 0.15) is 5.75 Å². The lowest BCUT2D eigenvalue weighted by Crippen LogP contribution is -2.02. The van der Waals surface area contributed by atoms with E-state index in [0.29, 0.717) is 13.2 Å². The van der Waals surface area contributed by atoms with E-state index >= 15 is 0 Å². The maximum Gasteiger partial charge on any atom is 0.330 e. The Bertz CT molecular complexity index is 549. The van der Waals surface area contributed by atoms with Crippen LogP contribution in [0.4, 0.5) is 0 Å². The zero-order valence-corrected chi connectivity index (χ0v) is 14.8. The van der Waals surface area contributed by atoms with Gasteiger partial charge in [-0.05, 0) is 50.5 Å². The topological polar surface area (TPSA) is 52.6 Å². The zero-order valence-electron chi connectivity index (χ0n) is 14.8. The molecule has 0 aliphatic heterocycles. The summed E-state index contributed by atoms with van der Waals surface area (Å²) in [5.41, 5.74) is 1.72. The Balaban J connectivity index is 2.05. The maximum atomic E-state index is 11.3. The first-order valence-corrected chi connectivity index (χ1v) is 8.58. The van der Waals surface area contributed by atoms with Crippen LogP contribution in [0.15, 0.2) is 30.9 Å². The molecule has 0 saturated heterocycles. The number of esters is 1. The highest BCUT2D eigenvalue weighted by Crippen LogP contribution is 2.20. The van der Waals surface area contributed by atoms with Crippen LogP contribution in [-0.2, 0) is 9.53 Å². The number of aryl methyl sites for hydroxylation is 1. The number of hydrogen-bond acceptors (Lipinski definition) is 4. The lowest BCUT2D eigenvalue weighted by atomic mass is 10.1. The van der Waals surface area contributed by atoms with E-state index < -0.39 is 0 Å². The second kappa shape index (κ2) is 11.4. The van der Waals surface area contributed by atoms with Crippen molar-refractivity contribution in [2.75, 3.05) is 13.2 Å². The summed E-state index contributed by atoms with van der Waals surface area (Å²) in [5.74, 6) is 0.576. The summed E-state index contributed by atoms with van der Waals surface area (Å²) in [6, 6.07) is 5.55. The Kier molecular flexibility index (Phi) is 9.51. The monoisotopic (exact) mass is 332 g/mol. The number of ether oxygens (including phenoxy) is 2. The largest absolute Gasteiger partial charge is 0.493 e. The first-order chi connectivity index (χ1) is 11.5. The lowest BCUT2D eigenvalue weighted by Gasteiger charge is -2.10. The Hall–Kier alpha value is -2.10. The maximum absolute atomic E-state index is 11.3. The average Bonchev–Trinajstić information content (AvgIpc) is 2.57. The molecule has 0 fully saturated rings. The molecular weight excluding hydrogens is 304 g/mol. The molecule has 4 nitrogen and oxygen atoms in total. The van der Waals surface area contributed by atoms with Gasteiger partial charge < -0.3 is 9.47 Å². The first kappa shape index (κ1) is 19.9. The Morgan fingerprint density at radius 1 is 1.04 bits per heavy atom. The van der Waals surface area contributed by atoms with Gasteiger partial charge in [0.25, 0.3) is 0 Å². The minimum Gasteiger partial charge on any atom is -0.493 e. The first-order valence-electron chi connectivity index (χ1n) is 8.58. The highest BCUT2D eigenvalue weighted by atomic mass is 16.5. The number of carbonyl (C=O) groups excluding carboxylic acids is 2. The van der Waals surface area contributed by atoms with Gasteiger partial charge in [-0.1, -0.05) is 32.3 Å². The summed E-state index contributed by atoms with van der Waals surface area (Å²) < 4.78 is 10.7. The van der Waals surface area contributed by atoms with Crippen LogP contribution in [0.25, 0.3) is 0 Å². The molecule has 24 heavy (non-hydrogen) atoms. The van der Waals surface area contributed by atoms with Crippen molar-refractivity contribution in [1.82, 2.24) is 0 Å². The standard InChI is InChI=1S/C20H28O4/c1-4-20(22)24-14-10-8-6-5-7-9-13-23-19-12-11-18(17(3)21)15-16(19)2/h4,11-12,15H,1,5-10,13-14H2,2-3H3. The minimum atomic E-state index is -0.348. The van der Waals surface area contributed by atoms with E-state index in [1.807, 2.05) is 25.1 Å². The lowest BCUT2D eigenvalue weighted by molar-refractivity contribution is -0.137. The Labute approximate surface area is 144 Å². The smallest absolute Gasteiger partial charge is 0.330 e. The van der Waals surface area contributed by atoms with Gasteiger partial charge >= 0.3 is 5.97 Å². The fourth-order valence-corrected chi connectivity index (χ4v) is 2.36. The molecule has 0 amide bonds. The van der Waals surface area contributed by atoms with Crippen LogP contribution < -0.4 is 4.74 Å². The van der Waals surface area contributed by atoms with Gasteiger partial charge in [-0.3, -0.25) is 4.79 Å². The fraction of sp³-hybridized carbons (Fsp3) is 0.500. The van der Waals surface area contributed by atoms with Gasteiger partial charge in [-0.25, -0.2) is 4.79 Å². The van der Waals surface area contributed by atoms with Crippen molar-refractivity contribution in [3.8, 4) is 5.75 Å². The molecule has 0 atom stereocenters. The summed E-state index contributed by atoms with van der Waals surface area (Å²) in [6.45, 7) is 8.05. The number of benzene rings is 1. The number of unbranched alkanes of at least 4 members (excludes halogenated alkanes) is 5. The molecule has 0 spiro atoms. The number of ketones is 1. The van der Waals surface area contributed by atoms with Crippen LogP contribution in [0.2, 0.25) is 0 Å². The molecule has 0 N–H and O–H groups in total. The summed E-state index contributed by atoms with van der Waals surface area (Å²) in [7, 11) is 0. The SMILES string of the molecule is C=CC(=O)OCCCCCCCCOc1ccc(C(C)=O)cc1C. The molecule has 0 aliphatic carbocycles. The Morgan fingerprint density at radius 3 is 2.25 bits per heavy atom. The molecule has 0 radical (unpaired) electrons. The van der Waals surface area contributed by atoms with Crippen LogP contribution in [-0.4, -0.2) is 25.0 Å². The number of rotatable bonds is 12. The summed E-state index contributed by atoms with van der Waals surface area (Å²) in [6.07, 6.45) is 7.58. The third-order valence-electron chi connectivity index (χ3n) is 3.79. The zero-order chi connectivity index (χ0) is 17.8. The highest BCUT2D eigenvalue weighted by Gasteiger charge is 2.04. The second-order valence-corrected chi connectivity index (χ2v) is 5.88. The van der Waals surface area contributed by atoms with Crippen molar-refractivity contribution in [3.05, 3.63) is 42.0 Å². The highest BCUT2D eigenvalue weighted by molar-refractivity contribution is 5.94. The molecule has 0 bridgehead atoms. The molecule has 0 heterocycles. The molecule has 0 aromatic heterocycles. The predicted octanol–water partition coefficient (Wildman–Crippen LogP) is 4.65. The van der Waals surface area contributed by atoms with E-state index in [2.05, 4.69) is 6.58 Å². The number of Topliss-reactive ketones (excluding diaryl/α,β-unsaturated/α-hetero) is 1. The fourth-order valence-electron chi connectivity index (χ4n) is 2.36. The van der Waals surface area contributed by atoms with Crippen molar-refractivity contribution in [1.29, 1.82) is 0 Å². The number of carbonyl (C=O) groups is 2. The van der Waals surface area contributed by atoms with Gasteiger partial charge in [0.2, 0.25) is 0 Å². The van der Waals surface area contributed by atoms with E-state index in [0.717, 1.165) is 55.4 Å². The molecule has 0 saturated carbocycles. The predicted molar refractivity (Wildman–Crippen MR) is 95.5 cm³/mol. The molecule has 0 aliphatic rings. The van der Waals surface area contributed by atoms with Gasteiger partial charge in [-0.15, -0.1) is 0 Å². The summed E-state index contributed by atoms with van der Waals surface area (Å²) in [5, 5.41) is 0. The van der Waals surface area contributed by atoms with E-state index in [1.165, 1.54) is 6.08 Å². The Morgan fingerprint density at radius 2 is 1.67 bits per heavy atom. The van der Waals surface area contributed by atoms with Gasteiger partial charge in [0, 0.05) is 11.6 Å². The normalized spacial score (nSPS) is 10.2. The summed E-state index contributed by atoms with van der Waals surface area (Å²) in [4.78, 5) is 22.2. The van der Waals surface area contributed by atoms with Crippen molar-refractivity contribution in [2.24, 2.45) is 0 Å².